The largest absolute Gasteiger partial charge is 0.367 e. The van der Waals surface area contributed by atoms with Crippen molar-refractivity contribution in [2.45, 2.75) is 0 Å². The lowest BCUT2D eigenvalue weighted by Crippen LogP contribution is -2.49. The predicted octanol–water partition coefficient (Wildman–Crippen LogP) is 1.26. The van der Waals surface area contributed by atoms with E-state index >= 15 is 0 Å². The van der Waals surface area contributed by atoms with Crippen LogP contribution >= 0.6 is 0 Å². The molecule has 0 unspecified atom stereocenters. The van der Waals surface area contributed by atoms with E-state index in [2.05, 4.69) is 20.4 Å². The molecule has 0 saturated carbocycles. The maximum atomic E-state index is 13.9. The summed E-state index contributed by atoms with van der Waals surface area (Å²) in [6, 6.07) is 9.35. The lowest BCUT2D eigenvalue weighted by molar-refractivity contribution is 0.0741. The Morgan fingerprint density at radius 2 is 1.85 bits per heavy atom. The molecule has 0 radical (unpaired) electrons. The quantitative estimate of drug-likeness (QED) is 0.725. The van der Waals surface area contributed by atoms with Crippen molar-refractivity contribution >= 4 is 11.6 Å². The van der Waals surface area contributed by atoms with E-state index in [0.29, 0.717) is 43.1 Å². The van der Waals surface area contributed by atoms with Crippen LogP contribution < -0.4 is 10.5 Å². The molecule has 2 aromatic heterocycles. The third-order valence-electron chi connectivity index (χ3n) is 4.54. The zero-order chi connectivity index (χ0) is 18.8. The Hall–Kier alpha value is -3.49. The number of nitrogens with one attached hydrogen (secondary N) is 2. The molecule has 0 spiro atoms. The number of hydrogen-bond acceptors (Lipinski definition) is 5. The van der Waals surface area contributed by atoms with Crippen molar-refractivity contribution in [3.8, 4) is 11.3 Å². The molecule has 1 fully saturated rings. The van der Waals surface area contributed by atoms with Crippen LogP contribution in [0, 0.1) is 5.82 Å². The van der Waals surface area contributed by atoms with Crippen LogP contribution in [0.5, 0.6) is 0 Å². The summed E-state index contributed by atoms with van der Waals surface area (Å²) in [6.45, 7) is 2.18. The van der Waals surface area contributed by atoms with Gasteiger partial charge in [-0.05, 0) is 18.2 Å². The summed E-state index contributed by atoms with van der Waals surface area (Å²) in [5.41, 5.74) is 1.53. The molecule has 0 bridgehead atoms. The van der Waals surface area contributed by atoms with Gasteiger partial charge in [-0.25, -0.2) is 9.49 Å². The first kappa shape index (κ1) is 17.0. The fourth-order valence-corrected chi connectivity index (χ4v) is 3.12. The van der Waals surface area contributed by atoms with Gasteiger partial charge in [0.2, 0.25) is 0 Å². The monoisotopic (exact) mass is 368 g/mol. The van der Waals surface area contributed by atoms with Crippen LogP contribution in [0.1, 0.15) is 10.5 Å². The van der Waals surface area contributed by atoms with Gasteiger partial charge in [-0.2, -0.15) is 10.2 Å². The van der Waals surface area contributed by atoms with E-state index in [1.165, 1.54) is 12.1 Å². The second-order valence-corrected chi connectivity index (χ2v) is 6.23. The van der Waals surface area contributed by atoms with E-state index in [1.807, 2.05) is 4.90 Å². The minimum absolute atomic E-state index is 0.186. The summed E-state index contributed by atoms with van der Waals surface area (Å²) in [5.74, 6) is -0.572. The Kier molecular flexibility index (Phi) is 4.41. The first-order valence-electron chi connectivity index (χ1n) is 8.51. The van der Waals surface area contributed by atoms with Gasteiger partial charge in [0.15, 0.2) is 0 Å². The predicted molar refractivity (Wildman–Crippen MR) is 97.0 cm³/mol. The lowest BCUT2D eigenvalue weighted by Gasteiger charge is -2.35. The molecule has 1 amide bonds. The van der Waals surface area contributed by atoms with Crippen LogP contribution in [0.4, 0.5) is 10.1 Å². The van der Waals surface area contributed by atoms with Gasteiger partial charge in [0.05, 0.1) is 17.6 Å². The number of aromatic amines is 2. The molecular formula is C18H17FN6O2. The van der Waals surface area contributed by atoms with Crippen LogP contribution in [-0.2, 0) is 0 Å². The maximum Gasteiger partial charge on any atom is 0.272 e. The number of hydrogen-bond donors (Lipinski definition) is 2. The molecule has 3 heterocycles. The first-order valence-corrected chi connectivity index (χ1v) is 8.51. The van der Waals surface area contributed by atoms with E-state index in [0.717, 1.165) is 5.69 Å². The zero-order valence-electron chi connectivity index (χ0n) is 14.4. The molecular weight excluding hydrogens is 351 g/mol. The second-order valence-electron chi connectivity index (χ2n) is 6.23. The topological polar surface area (TPSA) is 98.0 Å². The van der Waals surface area contributed by atoms with Crippen LogP contribution in [-0.4, -0.2) is 57.4 Å². The Balaban J connectivity index is 1.44. The summed E-state index contributed by atoms with van der Waals surface area (Å²) in [6.07, 6.45) is 1.59. The number of benzene rings is 1. The zero-order valence-corrected chi connectivity index (χ0v) is 14.4. The number of carbonyl (C=O) groups is 1. The number of piperazine rings is 1. The Labute approximate surface area is 153 Å². The molecule has 8 nitrogen and oxygen atoms in total. The molecule has 2 N–H and O–H groups in total. The summed E-state index contributed by atoms with van der Waals surface area (Å²) >= 11 is 0. The van der Waals surface area contributed by atoms with Gasteiger partial charge in [0.25, 0.3) is 11.5 Å². The van der Waals surface area contributed by atoms with Crippen molar-refractivity contribution in [1.29, 1.82) is 0 Å². The number of amides is 1. The number of H-pyrrole nitrogens is 2. The summed E-state index contributed by atoms with van der Waals surface area (Å²) in [4.78, 5) is 27.8. The van der Waals surface area contributed by atoms with Crippen LogP contribution in [0.15, 0.2) is 47.4 Å². The molecule has 9 heteroatoms. The van der Waals surface area contributed by atoms with E-state index in [9.17, 15) is 14.0 Å². The second kappa shape index (κ2) is 7.02. The minimum atomic E-state index is -0.386. The molecule has 0 atom stereocenters. The third kappa shape index (κ3) is 3.43. The van der Waals surface area contributed by atoms with Crippen molar-refractivity contribution in [2.75, 3.05) is 31.1 Å². The van der Waals surface area contributed by atoms with Crippen molar-refractivity contribution in [3.63, 3.8) is 0 Å². The molecule has 3 aromatic rings. The van der Waals surface area contributed by atoms with E-state index in [1.54, 1.807) is 35.4 Å². The van der Waals surface area contributed by atoms with Gasteiger partial charge in [-0.1, -0.05) is 12.1 Å². The number of aromatic nitrogens is 4. The number of rotatable bonds is 3. The summed E-state index contributed by atoms with van der Waals surface area (Å²) in [5, 5.41) is 12.9. The molecule has 1 aliphatic rings. The number of nitrogens with zero attached hydrogens (tertiary/aromatic N) is 4. The normalized spacial score (nSPS) is 14.4. The fourth-order valence-electron chi connectivity index (χ4n) is 3.12. The fraction of sp³-hybridized carbons (Fsp3) is 0.222. The van der Waals surface area contributed by atoms with Crippen molar-refractivity contribution in [2.24, 2.45) is 0 Å². The van der Waals surface area contributed by atoms with Crippen molar-refractivity contribution < 1.29 is 9.18 Å². The highest BCUT2D eigenvalue weighted by Gasteiger charge is 2.24. The molecule has 0 aliphatic carbocycles. The molecule has 27 heavy (non-hydrogen) atoms. The number of carbonyl (C=O) groups excluding carboxylic acids is 1. The molecule has 1 aromatic carbocycles. The van der Waals surface area contributed by atoms with Gasteiger partial charge < -0.3 is 9.80 Å². The van der Waals surface area contributed by atoms with Crippen LogP contribution in [0.3, 0.4) is 0 Å². The molecule has 138 valence electrons. The Morgan fingerprint density at radius 3 is 2.59 bits per heavy atom. The number of anilines is 1. The lowest BCUT2D eigenvalue weighted by atomic mass is 10.1. The van der Waals surface area contributed by atoms with E-state index in [-0.39, 0.29) is 17.3 Å². The summed E-state index contributed by atoms with van der Waals surface area (Å²) in [7, 11) is 0. The molecule has 1 aliphatic heterocycles. The van der Waals surface area contributed by atoms with Gasteiger partial charge in [-0.3, -0.25) is 14.7 Å². The highest BCUT2D eigenvalue weighted by molar-refractivity contribution is 5.93. The van der Waals surface area contributed by atoms with Gasteiger partial charge >= 0.3 is 0 Å². The maximum absolute atomic E-state index is 13.9. The minimum Gasteiger partial charge on any atom is -0.367 e. The summed E-state index contributed by atoms with van der Waals surface area (Å²) < 4.78 is 13.9. The van der Waals surface area contributed by atoms with Crippen LogP contribution in [0.2, 0.25) is 0 Å². The van der Waals surface area contributed by atoms with Gasteiger partial charge in [-0.15, -0.1) is 0 Å². The smallest absolute Gasteiger partial charge is 0.272 e. The van der Waals surface area contributed by atoms with Crippen LogP contribution in [0.25, 0.3) is 11.3 Å². The Morgan fingerprint density at radius 1 is 1.07 bits per heavy atom. The first-order chi connectivity index (χ1) is 13.1. The van der Waals surface area contributed by atoms with Gasteiger partial charge in [0.1, 0.15) is 11.5 Å². The van der Waals surface area contributed by atoms with Crippen molar-refractivity contribution in [3.05, 3.63) is 64.5 Å². The van der Waals surface area contributed by atoms with E-state index in [4.69, 9.17) is 0 Å². The highest BCUT2D eigenvalue weighted by Crippen LogP contribution is 2.22. The molecule has 4 rings (SSSR count). The highest BCUT2D eigenvalue weighted by atomic mass is 19.1. The number of halogens is 1. The Bertz CT molecular complexity index is 1020. The third-order valence-corrected chi connectivity index (χ3v) is 4.54. The molecule has 1 saturated heterocycles. The average Bonchev–Trinajstić information content (AvgIpc) is 3.18. The average molecular weight is 368 g/mol. The van der Waals surface area contributed by atoms with Gasteiger partial charge in [0, 0.05) is 37.8 Å². The standard InChI is InChI=1S/C18H17FN6O2/c19-14-4-2-1-3-13(14)15-10-16(22-21-15)18(27)25-7-5-24(6-8-25)12-9-17(26)23-20-11-12/h1-4,9-11H,5-8H2,(H,21,22)(H,23,26). The van der Waals surface area contributed by atoms with Crippen molar-refractivity contribution in [1.82, 2.24) is 25.3 Å². The van der Waals surface area contributed by atoms with E-state index < -0.39 is 0 Å². The SMILES string of the molecule is O=C(c1cc(-c2ccccc2F)n[nH]1)N1CCN(c2cn[nH]c(=O)c2)CC1.